The van der Waals surface area contributed by atoms with Crippen LogP contribution >= 0.6 is 0 Å². The van der Waals surface area contributed by atoms with Crippen molar-refractivity contribution in [2.45, 2.75) is 69.8 Å². The predicted octanol–water partition coefficient (Wildman–Crippen LogP) is 4.42. The van der Waals surface area contributed by atoms with Gasteiger partial charge in [-0.05, 0) is 63.6 Å². The van der Waals surface area contributed by atoms with Crippen LogP contribution in [0.4, 0.5) is 33.7 Å². The van der Waals surface area contributed by atoms with Crippen LogP contribution in [0.1, 0.15) is 54.4 Å². The monoisotopic (exact) mass is 515 g/mol. The normalized spacial score (nSPS) is 19.5. The van der Waals surface area contributed by atoms with Gasteiger partial charge >= 0.3 is 12.1 Å². The first-order valence-corrected chi connectivity index (χ1v) is 11.3. The number of aromatic nitrogens is 2. The molecule has 1 aromatic carbocycles. The molecule has 2 fully saturated rings. The second-order valence-corrected chi connectivity index (χ2v) is 8.74. The van der Waals surface area contributed by atoms with Gasteiger partial charge in [0.2, 0.25) is 5.95 Å². The molecule has 0 bridgehead atoms. The third kappa shape index (κ3) is 8.02. The molecule has 2 saturated carbocycles. The van der Waals surface area contributed by atoms with E-state index in [1.807, 2.05) is 13.1 Å². The Hall–Kier alpha value is -3.51. The summed E-state index contributed by atoms with van der Waals surface area (Å²) in [6.45, 7) is 2.00. The van der Waals surface area contributed by atoms with E-state index in [0.29, 0.717) is 12.0 Å². The first-order valence-electron chi connectivity index (χ1n) is 11.3. The highest BCUT2D eigenvalue weighted by Crippen LogP contribution is 2.27. The molecule has 2 aliphatic rings. The second-order valence-electron chi connectivity index (χ2n) is 8.74. The van der Waals surface area contributed by atoms with Gasteiger partial charge in [0.05, 0.1) is 0 Å². The number of benzene rings is 1. The molecule has 1 aromatic heterocycles. The van der Waals surface area contributed by atoms with E-state index in [4.69, 9.17) is 9.90 Å². The Morgan fingerprint density at radius 2 is 1.50 bits per heavy atom. The minimum Gasteiger partial charge on any atom is -0.475 e. The number of aliphatic carboxylic acids is 1. The minimum atomic E-state index is -5.08. The molecule has 0 saturated heterocycles. The van der Waals surface area contributed by atoms with E-state index in [0.717, 1.165) is 49.2 Å². The van der Waals surface area contributed by atoms with Crippen molar-refractivity contribution in [3.05, 3.63) is 47.2 Å². The van der Waals surface area contributed by atoms with Crippen LogP contribution in [0.5, 0.6) is 0 Å². The van der Waals surface area contributed by atoms with E-state index in [1.54, 1.807) is 0 Å². The number of rotatable bonds is 6. The van der Waals surface area contributed by atoms with Gasteiger partial charge in [0.15, 0.2) is 11.6 Å². The molecule has 0 aliphatic heterocycles. The van der Waals surface area contributed by atoms with E-state index in [-0.39, 0.29) is 23.6 Å². The van der Waals surface area contributed by atoms with E-state index in [1.165, 1.54) is 18.9 Å². The first kappa shape index (κ1) is 27.1. The van der Waals surface area contributed by atoms with Crippen molar-refractivity contribution in [3.63, 3.8) is 0 Å². The Bertz CT molecular complexity index is 1090. The van der Waals surface area contributed by atoms with E-state index in [9.17, 15) is 26.7 Å². The van der Waals surface area contributed by atoms with Crippen molar-refractivity contribution in [2.75, 3.05) is 10.6 Å². The average Bonchev–Trinajstić information content (AvgIpc) is 3.63. The molecule has 1 amide bonds. The number of alkyl halides is 3. The number of carboxylic acid groups (broad SMARTS) is 1. The van der Waals surface area contributed by atoms with Gasteiger partial charge in [-0.1, -0.05) is 0 Å². The molecule has 0 radical (unpaired) electrons. The van der Waals surface area contributed by atoms with Crippen LogP contribution < -0.4 is 16.0 Å². The smallest absolute Gasteiger partial charge is 0.475 e. The lowest BCUT2D eigenvalue weighted by atomic mass is 9.91. The summed E-state index contributed by atoms with van der Waals surface area (Å²) in [5, 5.41) is 16.9. The van der Waals surface area contributed by atoms with Crippen LogP contribution in [0.3, 0.4) is 0 Å². The summed E-state index contributed by atoms with van der Waals surface area (Å²) in [4.78, 5) is 30.1. The summed E-state index contributed by atoms with van der Waals surface area (Å²) in [5.41, 5.74) is 1.17. The highest BCUT2D eigenvalue weighted by molar-refractivity contribution is 5.94. The van der Waals surface area contributed by atoms with Gasteiger partial charge in [0.1, 0.15) is 5.82 Å². The zero-order valence-electron chi connectivity index (χ0n) is 19.3. The van der Waals surface area contributed by atoms with Crippen LogP contribution in [0.2, 0.25) is 0 Å². The molecule has 0 spiro atoms. The molecule has 36 heavy (non-hydrogen) atoms. The average molecular weight is 515 g/mol. The fraction of sp³-hybridized carbons (Fsp3) is 0.478. The largest absolute Gasteiger partial charge is 0.490 e. The lowest BCUT2D eigenvalue weighted by Gasteiger charge is -2.29. The molecule has 13 heteroatoms. The number of carboxylic acids is 1. The van der Waals surface area contributed by atoms with Gasteiger partial charge in [-0.3, -0.25) is 4.79 Å². The fourth-order valence-electron chi connectivity index (χ4n) is 3.55. The molecule has 2 aliphatic carbocycles. The quantitative estimate of drug-likeness (QED) is 0.421. The highest BCUT2D eigenvalue weighted by Gasteiger charge is 2.38. The number of nitrogens with one attached hydrogen (secondary N) is 3. The molecule has 8 nitrogen and oxygen atoms in total. The van der Waals surface area contributed by atoms with Gasteiger partial charge < -0.3 is 21.1 Å². The SMILES string of the molecule is Cc1cnc(N[C@H]2CC[C@@H](NC(=O)c3ccc(F)c(F)c3)CC2)nc1NC1CC1.O=C(O)C(F)(F)F. The van der Waals surface area contributed by atoms with Crippen LogP contribution in [0.25, 0.3) is 0 Å². The molecule has 4 N–H and O–H groups in total. The molecule has 0 atom stereocenters. The zero-order valence-corrected chi connectivity index (χ0v) is 19.3. The minimum absolute atomic E-state index is 0.0136. The Morgan fingerprint density at radius 3 is 2.06 bits per heavy atom. The number of nitrogens with zero attached hydrogens (tertiary/aromatic N) is 2. The maximum absolute atomic E-state index is 13.3. The van der Waals surface area contributed by atoms with Crippen molar-refractivity contribution in [1.82, 2.24) is 15.3 Å². The summed E-state index contributed by atoms with van der Waals surface area (Å²) >= 11 is 0. The second kappa shape index (κ2) is 11.5. The van der Waals surface area contributed by atoms with Gasteiger partial charge in [0, 0.05) is 35.4 Å². The van der Waals surface area contributed by atoms with Gasteiger partial charge in [0.25, 0.3) is 5.91 Å². The Balaban J connectivity index is 0.000000454. The van der Waals surface area contributed by atoms with Crippen molar-refractivity contribution in [3.8, 4) is 0 Å². The standard InChI is InChI=1S/C21H25F2N5O.C2HF3O2/c1-12-11-24-21(28-19(12)25-14-3-4-14)27-16-7-5-15(6-8-16)26-20(29)13-2-9-17(22)18(23)10-13;3-2(4,5)1(6)7/h2,9-11,14-16H,3-8H2,1H3,(H,26,29)(H2,24,25,27,28);(H,6,7)/t15-,16+;. The van der Waals surface area contributed by atoms with Gasteiger partial charge in [-0.2, -0.15) is 18.2 Å². The number of aryl methyl sites for hydroxylation is 1. The summed E-state index contributed by atoms with van der Waals surface area (Å²) in [6, 6.07) is 3.98. The maximum atomic E-state index is 13.3. The van der Waals surface area contributed by atoms with Crippen LogP contribution in [0.15, 0.2) is 24.4 Å². The number of carbonyl (C=O) groups excluding carboxylic acids is 1. The Labute approximate surface area is 203 Å². The number of amides is 1. The zero-order chi connectivity index (χ0) is 26.5. The van der Waals surface area contributed by atoms with Crippen LogP contribution in [-0.2, 0) is 4.79 Å². The van der Waals surface area contributed by atoms with Crippen molar-refractivity contribution < 1.29 is 36.6 Å². The molecule has 2 aromatic rings. The Kier molecular flexibility index (Phi) is 8.64. The van der Waals surface area contributed by atoms with E-state index in [2.05, 4.69) is 25.9 Å². The number of hydrogen-bond donors (Lipinski definition) is 4. The number of carbonyl (C=O) groups is 2. The lowest BCUT2D eigenvalue weighted by Crippen LogP contribution is -2.40. The number of hydrogen-bond acceptors (Lipinski definition) is 6. The van der Waals surface area contributed by atoms with E-state index >= 15 is 0 Å². The third-order valence-corrected chi connectivity index (χ3v) is 5.71. The highest BCUT2D eigenvalue weighted by atomic mass is 19.4. The van der Waals surface area contributed by atoms with Crippen LogP contribution in [-0.4, -0.2) is 51.3 Å². The molecular formula is C23H26F5N5O3. The summed E-state index contributed by atoms with van der Waals surface area (Å²) in [6.07, 6.45) is 2.45. The van der Waals surface area contributed by atoms with Crippen molar-refractivity contribution >= 4 is 23.6 Å². The van der Waals surface area contributed by atoms with Crippen molar-refractivity contribution in [2.24, 2.45) is 0 Å². The van der Waals surface area contributed by atoms with Crippen molar-refractivity contribution in [1.29, 1.82) is 0 Å². The molecule has 0 unspecified atom stereocenters. The summed E-state index contributed by atoms with van der Waals surface area (Å²) < 4.78 is 58.1. The predicted molar refractivity (Wildman–Crippen MR) is 121 cm³/mol. The molecule has 196 valence electrons. The molecule has 4 rings (SSSR count). The number of halogens is 5. The fourth-order valence-corrected chi connectivity index (χ4v) is 3.55. The van der Waals surface area contributed by atoms with Gasteiger partial charge in [-0.15, -0.1) is 0 Å². The summed E-state index contributed by atoms with van der Waals surface area (Å²) in [5.74, 6) is -3.60. The van der Waals surface area contributed by atoms with Gasteiger partial charge in [-0.25, -0.2) is 18.6 Å². The van der Waals surface area contributed by atoms with E-state index < -0.39 is 23.8 Å². The third-order valence-electron chi connectivity index (χ3n) is 5.71. The Morgan fingerprint density at radius 1 is 0.944 bits per heavy atom. The molecular weight excluding hydrogens is 489 g/mol. The maximum Gasteiger partial charge on any atom is 0.490 e. The molecule has 1 heterocycles. The topological polar surface area (TPSA) is 116 Å². The first-order chi connectivity index (χ1) is 16.9. The summed E-state index contributed by atoms with van der Waals surface area (Å²) in [7, 11) is 0. The lowest BCUT2D eigenvalue weighted by molar-refractivity contribution is -0.192. The van der Waals surface area contributed by atoms with Crippen LogP contribution in [0, 0.1) is 18.6 Å². The number of anilines is 2.